The number of hydrogen-bond donors (Lipinski definition) is 1. The molecule has 1 heterocycles. The van der Waals surface area contributed by atoms with Gasteiger partial charge in [0.25, 0.3) is 0 Å². The molecule has 0 spiro atoms. The molecule has 0 saturated carbocycles. The van der Waals surface area contributed by atoms with Gasteiger partial charge in [-0.05, 0) is 17.7 Å². The number of anilines is 1. The number of benzene rings is 1. The van der Waals surface area contributed by atoms with Crippen molar-refractivity contribution < 1.29 is 4.92 Å². The molecule has 0 aliphatic carbocycles. The van der Waals surface area contributed by atoms with Gasteiger partial charge in [0.05, 0.1) is 16.6 Å². The zero-order valence-electron chi connectivity index (χ0n) is 9.78. The van der Waals surface area contributed by atoms with Gasteiger partial charge < -0.3 is 5.32 Å². The quantitative estimate of drug-likeness (QED) is 0.660. The highest BCUT2D eigenvalue weighted by Crippen LogP contribution is 2.09. The molecule has 1 aromatic carbocycles. The van der Waals surface area contributed by atoms with Crippen molar-refractivity contribution in [2.75, 3.05) is 5.32 Å². The summed E-state index contributed by atoms with van der Waals surface area (Å²) in [5, 5.41) is 22.0. The number of nitrogens with zero attached hydrogens (tertiary/aromatic N) is 4. The van der Waals surface area contributed by atoms with E-state index >= 15 is 0 Å². The van der Waals surface area contributed by atoms with Crippen LogP contribution >= 0.6 is 0 Å². The number of aromatic nitrogens is 2. The van der Waals surface area contributed by atoms with Crippen LogP contribution in [0.3, 0.4) is 0 Å². The summed E-state index contributed by atoms with van der Waals surface area (Å²) in [6.45, 7) is 0.476. The maximum atomic E-state index is 10.4. The fraction of sp³-hybridized carbons (Fsp3) is 0.0833. The van der Waals surface area contributed by atoms with E-state index in [0.29, 0.717) is 18.1 Å². The van der Waals surface area contributed by atoms with Crippen LogP contribution in [0.4, 0.5) is 11.6 Å². The van der Waals surface area contributed by atoms with Crippen molar-refractivity contribution in [3.8, 4) is 6.07 Å². The fourth-order valence-electron chi connectivity index (χ4n) is 1.39. The van der Waals surface area contributed by atoms with E-state index in [9.17, 15) is 10.1 Å². The highest BCUT2D eigenvalue weighted by molar-refractivity contribution is 5.35. The minimum Gasteiger partial charge on any atom is -0.350 e. The molecule has 0 saturated heterocycles. The highest BCUT2D eigenvalue weighted by atomic mass is 16.6. The predicted molar refractivity (Wildman–Crippen MR) is 67.2 cm³/mol. The molecule has 0 bridgehead atoms. The van der Waals surface area contributed by atoms with Crippen LogP contribution < -0.4 is 5.32 Å². The number of hydrogen-bond acceptors (Lipinski definition) is 6. The van der Waals surface area contributed by atoms with Crippen molar-refractivity contribution in [2.45, 2.75) is 6.54 Å². The Morgan fingerprint density at radius 2 is 1.89 bits per heavy atom. The molecule has 94 valence electrons. The van der Waals surface area contributed by atoms with Gasteiger partial charge in [-0.3, -0.25) is 10.1 Å². The molecule has 2 aromatic rings. The third-order valence-electron chi connectivity index (χ3n) is 2.38. The summed E-state index contributed by atoms with van der Waals surface area (Å²) >= 11 is 0. The Morgan fingerprint density at radius 1 is 1.26 bits per heavy atom. The summed E-state index contributed by atoms with van der Waals surface area (Å²) in [6, 6.07) is 9.10. The molecule has 0 atom stereocenters. The van der Waals surface area contributed by atoms with E-state index < -0.39 is 4.92 Å². The molecule has 0 unspecified atom stereocenters. The van der Waals surface area contributed by atoms with Gasteiger partial charge in [-0.1, -0.05) is 12.1 Å². The summed E-state index contributed by atoms with van der Waals surface area (Å²) in [7, 11) is 0. The summed E-state index contributed by atoms with van der Waals surface area (Å²) in [5.41, 5.74) is 1.40. The molecule has 2 rings (SSSR count). The molecular formula is C12H9N5O2. The van der Waals surface area contributed by atoms with Crippen LogP contribution in [0.5, 0.6) is 0 Å². The molecule has 0 aliphatic rings. The van der Waals surface area contributed by atoms with Crippen molar-refractivity contribution in [3.05, 3.63) is 57.9 Å². The van der Waals surface area contributed by atoms with Crippen molar-refractivity contribution in [3.63, 3.8) is 0 Å². The van der Waals surface area contributed by atoms with Crippen LogP contribution in [0.25, 0.3) is 0 Å². The average molecular weight is 255 g/mol. The lowest BCUT2D eigenvalue weighted by Gasteiger charge is -2.04. The van der Waals surface area contributed by atoms with Gasteiger partial charge in [0.1, 0.15) is 12.4 Å². The molecule has 1 aromatic heterocycles. The number of nitrogens with one attached hydrogen (secondary N) is 1. The van der Waals surface area contributed by atoms with Gasteiger partial charge in [0.15, 0.2) is 0 Å². The van der Waals surface area contributed by atoms with Gasteiger partial charge >= 0.3 is 5.69 Å². The van der Waals surface area contributed by atoms with E-state index in [1.807, 2.05) is 18.2 Å². The molecule has 7 nitrogen and oxygen atoms in total. The minimum atomic E-state index is -0.551. The Balaban J connectivity index is 1.98. The fourth-order valence-corrected chi connectivity index (χ4v) is 1.39. The third kappa shape index (κ3) is 3.23. The smallest absolute Gasteiger partial charge is 0.305 e. The van der Waals surface area contributed by atoms with Gasteiger partial charge in [-0.15, -0.1) is 0 Å². The molecule has 0 aliphatic heterocycles. The Morgan fingerprint density at radius 3 is 2.42 bits per heavy atom. The maximum Gasteiger partial charge on any atom is 0.305 e. The molecule has 0 amide bonds. The average Bonchev–Trinajstić information content (AvgIpc) is 2.46. The van der Waals surface area contributed by atoms with E-state index in [0.717, 1.165) is 18.0 Å². The standard InChI is InChI=1S/C12H9N5O2/c13-5-9-1-3-10(4-2-9)6-14-12-15-7-11(8-16-12)17(18)19/h1-4,7-8H,6H2,(H,14,15,16). The van der Waals surface area contributed by atoms with E-state index in [-0.39, 0.29) is 5.69 Å². The summed E-state index contributed by atoms with van der Waals surface area (Å²) in [6.07, 6.45) is 2.29. The van der Waals surface area contributed by atoms with Crippen LogP contribution in [0.15, 0.2) is 36.7 Å². The minimum absolute atomic E-state index is 0.149. The summed E-state index contributed by atoms with van der Waals surface area (Å²) in [4.78, 5) is 17.5. The SMILES string of the molecule is N#Cc1ccc(CNc2ncc([N+](=O)[O-])cn2)cc1. The van der Waals surface area contributed by atoms with Crippen LogP contribution in [-0.4, -0.2) is 14.9 Å². The first kappa shape index (κ1) is 12.4. The Kier molecular flexibility index (Phi) is 3.64. The first-order valence-electron chi connectivity index (χ1n) is 5.38. The third-order valence-corrected chi connectivity index (χ3v) is 2.38. The topological polar surface area (TPSA) is 105 Å². The first-order chi connectivity index (χ1) is 9.19. The lowest BCUT2D eigenvalue weighted by atomic mass is 10.1. The van der Waals surface area contributed by atoms with Gasteiger partial charge in [-0.2, -0.15) is 5.26 Å². The van der Waals surface area contributed by atoms with E-state index in [1.165, 1.54) is 0 Å². The van der Waals surface area contributed by atoms with Crippen LogP contribution in [0.2, 0.25) is 0 Å². The molecule has 19 heavy (non-hydrogen) atoms. The van der Waals surface area contributed by atoms with Crippen LogP contribution in [-0.2, 0) is 6.54 Å². The summed E-state index contributed by atoms with van der Waals surface area (Å²) in [5.74, 6) is 0.315. The second-order valence-corrected chi connectivity index (χ2v) is 3.68. The van der Waals surface area contributed by atoms with E-state index in [4.69, 9.17) is 5.26 Å². The second kappa shape index (κ2) is 5.55. The Hall–Kier alpha value is -3.01. The Labute approximate surface area is 108 Å². The Bertz CT molecular complexity index is 616. The lowest BCUT2D eigenvalue weighted by Crippen LogP contribution is -2.03. The zero-order valence-corrected chi connectivity index (χ0v) is 9.78. The predicted octanol–water partition coefficient (Wildman–Crippen LogP) is 1.87. The van der Waals surface area contributed by atoms with Crippen molar-refractivity contribution >= 4 is 11.6 Å². The van der Waals surface area contributed by atoms with Gasteiger partial charge in [0.2, 0.25) is 5.95 Å². The second-order valence-electron chi connectivity index (χ2n) is 3.68. The molecular weight excluding hydrogens is 246 g/mol. The largest absolute Gasteiger partial charge is 0.350 e. The van der Waals surface area contributed by atoms with Crippen LogP contribution in [0, 0.1) is 21.4 Å². The number of nitriles is 1. The molecule has 1 N–H and O–H groups in total. The molecule has 0 fully saturated rings. The molecule has 7 heteroatoms. The maximum absolute atomic E-state index is 10.4. The van der Waals surface area contributed by atoms with E-state index in [1.54, 1.807) is 12.1 Å². The van der Waals surface area contributed by atoms with E-state index in [2.05, 4.69) is 15.3 Å². The van der Waals surface area contributed by atoms with Crippen molar-refractivity contribution in [2.24, 2.45) is 0 Å². The van der Waals surface area contributed by atoms with Gasteiger partial charge in [-0.25, -0.2) is 9.97 Å². The number of nitro groups is 1. The monoisotopic (exact) mass is 255 g/mol. The zero-order chi connectivity index (χ0) is 13.7. The van der Waals surface area contributed by atoms with Crippen LogP contribution in [0.1, 0.15) is 11.1 Å². The number of rotatable bonds is 4. The molecule has 0 radical (unpaired) electrons. The lowest BCUT2D eigenvalue weighted by molar-refractivity contribution is -0.385. The van der Waals surface area contributed by atoms with Crippen molar-refractivity contribution in [1.29, 1.82) is 5.26 Å². The summed E-state index contributed by atoms with van der Waals surface area (Å²) < 4.78 is 0. The van der Waals surface area contributed by atoms with Gasteiger partial charge in [0, 0.05) is 6.54 Å². The first-order valence-corrected chi connectivity index (χ1v) is 5.38. The van der Waals surface area contributed by atoms with Crippen molar-refractivity contribution in [1.82, 2.24) is 9.97 Å². The normalized spacial score (nSPS) is 9.63. The highest BCUT2D eigenvalue weighted by Gasteiger charge is 2.06.